The van der Waals surface area contributed by atoms with E-state index in [-0.39, 0.29) is 23.4 Å². The summed E-state index contributed by atoms with van der Waals surface area (Å²) in [6.45, 7) is 4.49. The van der Waals surface area contributed by atoms with Crippen LogP contribution in [0.3, 0.4) is 0 Å². The normalized spacial score (nSPS) is 15.8. The second-order valence-corrected chi connectivity index (χ2v) is 12.0. The van der Waals surface area contributed by atoms with Gasteiger partial charge in [-0.05, 0) is 59.9 Å². The minimum Gasteiger partial charge on any atom is -0.456 e. The molecule has 4 N–H and O–H groups in total. The molecule has 2 atom stereocenters. The molecule has 2 unspecified atom stereocenters. The number of hydrogen-bond donors (Lipinski definition) is 3. The minimum atomic E-state index is -3.78. The van der Waals surface area contributed by atoms with Gasteiger partial charge in [0.05, 0.1) is 10.5 Å². The van der Waals surface area contributed by atoms with E-state index in [0.717, 1.165) is 18.1 Å². The van der Waals surface area contributed by atoms with Gasteiger partial charge in [0.25, 0.3) is 0 Å². The number of nitrogens with one attached hydrogen (secondary N) is 2. The van der Waals surface area contributed by atoms with E-state index in [9.17, 15) is 22.0 Å². The Morgan fingerprint density at radius 2 is 1.68 bits per heavy atom. The summed E-state index contributed by atoms with van der Waals surface area (Å²) in [7, 11) is -3.78. The zero-order chi connectivity index (χ0) is 29.4. The number of sulfonamides is 1. The molecule has 1 heterocycles. The quantitative estimate of drug-likeness (QED) is 0.280. The number of nitrogens with two attached hydrogens (primary N) is 1. The maximum atomic E-state index is 13.8. The molecule has 0 amide bonds. The van der Waals surface area contributed by atoms with Crippen LogP contribution in [0.15, 0.2) is 71.6 Å². The van der Waals surface area contributed by atoms with E-state index in [2.05, 4.69) is 23.6 Å². The van der Waals surface area contributed by atoms with E-state index in [1.807, 2.05) is 18.2 Å². The number of halogens is 2. The molecular weight excluding hydrogens is 550 g/mol. The molecule has 0 aromatic heterocycles. The van der Waals surface area contributed by atoms with Crippen LogP contribution >= 0.6 is 0 Å². The van der Waals surface area contributed by atoms with Gasteiger partial charge in [0.1, 0.15) is 17.7 Å². The first-order valence-corrected chi connectivity index (χ1v) is 15.1. The molecule has 3 aromatic rings. The van der Waals surface area contributed by atoms with Crippen LogP contribution in [0.25, 0.3) is 0 Å². The van der Waals surface area contributed by atoms with Crippen molar-refractivity contribution in [1.29, 1.82) is 0 Å². The van der Waals surface area contributed by atoms with Crippen molar-refractivity contribution in [2.45, 2.75) is 43.4 Å². The largest absolute Gasteiger partial charge is 0.456 e. The van der Waals surface area contributed by atoms with Crippen LogP contribution in [0.2, 0.25) is 0 Å². The fourth-order valence-electron chi connectivity index (χ4n) is 4.75. The number of nitrogens with zero attached hydrogens (tertiary/aromatic N) is 1. The van der Waals surface area contributed by atoms with E-state index in [4.69, 9.17) is 10.5 Å². The lowest BCUT2D eigenvalue weighted by Crippen LogP contribution is -2.46. The van der Waals surface area contributed by atoms with E-state index in [1.54, 1.807) is 0 Å². The highest BCUT2D eigenvalue weighted by Gasteiger charge is 2.28. The van der Waals surface area contributed by atoms with E-state index >= 15 is 0 Å². The second-order valence-electron chi connectivity index (χ2n) is 10.1. The van der Waals surface area contributed by atoms with Crippen molar-refractivity contribution in [3.8, 4) is 0 Å². The molecule has 220 valence electrons. The number of benzene rings is 3. The summed E-state index contributed by atoms with van der Waals surface area (Å²) in [5.74, 6) is -2.20. The molecule has 3 aromatic carbocycles. The lowest BCUT2D eigenvalue weighted by atomic mass is 10.0. The molecule has 1 fully saturated rings. The summed E-state index contributed by atoms with van der Waals surface area (Å²) in [5.41, 5.74) is 9.05. The molecule has 0 saturated carbocycles. The Morgan fingerprint density at radius 3 is 2.39 bits per heavy atom. The Labute approximate surface area is 239 Å². The van der Waals surface area contributed by atoms with Crippen LogP contribution in [0.5, 0.6) is 0 Å². The van der Waals surface area contributed by atoms with Gasteiger partial charge in [0, 0.05) is 51.4 Å². The van der Waals surface area contributed by atoms with Crippen molar-refractivity contribution in [2.24, 2.45) is 5.73 Å². The van der Waals surface area contributed by atoms with Crippen LogP contribution in [0, 0.1) is 11.6 Å². The van der Waals surface area contributed by atoms with Crippen molar-refractivity contribution in [3.05, 3.63) is 101 Å². The molecule has 0 spiro atoms. The SMILES string of the molecule is CCc1cccc(CNCC(OC(=O)c2cccc(S(=O)(=O)N3CCNCC3)c2)C(N)Cc2cc(F)cc(F)c2)c1. The zero-order valence-electron chi connectivity index (χ0n) is 23.0. The van der Waals surface area contributed by atoms with Gasteiger partial charge in [0.15, 0.2) is 0 Å². The van der Waals surface area contributed by atoms with E-state index in [1.165, 1.54) is 46.3 Å². The smallest absolute Gasteiger partial charge is 0.338 e. The van der Waals surface area contributed by atoms with Crippen LogP contribution in [-0.2, 0) is 34.1 Å². The fraction of sp³-hybridized carbons (Fsp3) is 0.367. The molecule has 1 saturated heterocycles. The zero-order valence-corrected chi connectivity index (χ0v) is 23.8. The molecule has 8 nitrogen and oxygen atoms in total. The molecule has 0 bridgehead atoms. The topological polar surface area (TPSA) is 114 Å². The molecule has 4 rings (SSSR count). The standard InChI is InChI=1S/C30H36F2N4O4S/c1-2-21-5-3-6-22(13-21)19-35-20-29(28(33)16-23-14-25(31)18-26(32)15-23)40-30(37)24-7-4-8-27(17-24)41(38,39)36-11-9-34-10-12-36/h3-8,13-15,17-18,28-29,34-35H,2,9-12,16,19-20,33H2,1H3. The number of hydrogen-bond acceptors (Lipinski definition) is 7. The van der Waals surface area contributed by atoms with Crippen molar-refractivity contribution in [2.75, 3.05) is 32.7 Å². The van der Waals surface area contributed by atoms with Crippen LogP contribution in [0.1, 0.15) is 34.0 Å². The molecule has 11 heteroatoms. The number of rotatable bonds is 12. The third-order valence-corrected chi connectivity index (χ3v) is 8.88. The molecular formula is C30H36F2N4O4S. The van der Waals surface area contributed by atoms with Crippen molar-refractivity contribution < 1.29 is 26.7 Å². The number of carbonyl (C=O) groups is 1. The highest BCUT2D eigenvalue weighted by Crippen LogP contribution is 2.19. The number of ether oxygens (including phenoxy) is 1. The van der Waals surface area contributed by atoms with Crippen LogP contribution < -0.4 is 16.4 Å². The lowest BCUT2D eigenvalue weighted by molar-refractivity contribution is 0.0238. The van der Waals surface area contributed by atoms with Gasteiger partial charge >= 0.3 is 5.97 Å². The van der Waals surface area contributed by atoms with Crippen molar-refractivity contribution in [3.63, 3.8) is 0 Å². The summed E-state index contributed by atoms with van der Waals surface area (Å²) < 4.78 is 61.0. The summed E-state index contributed by atoms with van der Waals surface area (Å²) in [6, 6.07) is 16.1. The Kier molecular flexibility index (Phi) is 10.6. The minimum absolute atomic E-state index is 0.00105. The van der Waals surface area contributed by atoms with Gasteiger partial charge in [-0.25, -0.2) is 22.0 Å². The van der Waals surface area contributed by atoms with Crippen LogP contribution in [-0.4, -0.2) is 63.6 Å². The predicted molar refractivity (Wildman–Crippen MR) is 153 cm³/mol. The summed E-state index contributed by atoms with van der Waals surface area (Å²) in [6.07, 6.45) is 0.0699. The van der Waals surface area contributed by atoms with Gasteiger partial charge < -0.3 is 21.1 Å². The summed E-state index contributed by atoms with van der Waals surface area (Å²) >= 11 is 0. The highest BCUT2D eigenvalue weighted by molar-refractivity contribution is 7.89. The fourth-order valence-corrected chi connectivity index (χ4v) is 6.24. The third kappa shape index (κ3) is 8.40. The van der Waals surface area contributed by atoms with Crippen molar-refractivity contribution in [1.82, 2.24) is 14.9 Å². The summed E-state index contributed by atoms with van der Waals surface area (Å²) in [4.78, 5) is 13.2. The number of esters is 1. The average molecular weight is 587 g/mol. The Balaban J connectivity index is 1.50. The van der Waals surface area contributed by atoms with Gasteiger partial charge in [-0.15, -0.1) is 0 Å². The Morgan fingerprint density at radius 1 is 1.00 bits per heavy atom. The molecule has 0 aliphatic carbocycles. The molecule has 41 heavy (non-hydrogen) atoms. The summed E-state index contributed by atoms with van der Waals surface area (Å²) in [5, 5.41) is 6.38. The maximum Gasteiger partial charge on any atom is 0.338 e. The molecule has 0 radical (unpaired) electrons. The van der Waals surface area contributed by atoms with Gasteiger partial charge in [-0.3, -0.25) is 0 Å². The number of piperazine rings is 1. The van der Waals surface area contributed by atoms with E-state index < -0.39 is 39.8 Å². The highest BCUT2D eigenvalue weighted by atomic mass is 32.2. The third-order valence-electron chi connectivity index (χ3n) is 6.99. The van der Waals surface area contributed by atoms with Crippen LogP contribution in [0.4, 0.5) is 8.78 Å². The predicted octanol–water partition coefficient (Wildman–Crippen LogP) is 3.01. The Bertz CT molecular complexity index is 1430. The van der Waals surface area contributed by atoms with Gasteiger partial charge in [-0.2, -0.15) is 4.31 Å². The first kappa shape index (κ1) is 30.7. The second kappa shape index (κ2) is 14.1. The number of carbonyl (C=O) groups excluding carboxylic acids is 1. The van der Waals surface area contributed by atoms with Gasteiger partial charge in [0.2, 0.25) is 10.0 Å². The molecule has 1 aliphatic rings. The lowest BCUT2D eigenvalue weighted by Gasteiger charge is -2.27. The Hall–Kier alpha value is -3.22. The maximum absolute atomic E-state index is 13.8. The average Bonchev–Trinajstić information content (AvgIpc) is 2.96. The first-order chi connectivity index (χ1) is 19.7. The molecule has 1 aliphatic heterocycles. The first-order valence-electron chi connectivity index (χ1n) is 13.7. The van der Waals surface area contributed by atoms with E-state index in [0.29, 0.717) is 38.3 Å². The monoisotopic (exact) mass is 586 g/mol. The van der Waals surface area contributed by atoms with Crippen molar-refractivity contribution >= 4 is 16.0 Å². The van der Waals surface area contributed by atoms with Gasteiger partial charge in [-0.1, -0.05) is 37.3 Å². The number of aryl methyl sites for hydroxylation is 1.